The second-order valence-corrected chi connectivity index (χ2v) is 3.07. The molecule has 0 aliphatic carbocycles. The van der Waals surface area contributed by atoms with Gasteiger partial charge in [0.15, 0.2) is 0 Å². The SMILES string of the molecule is CCc1nc(C)cnc1C=C(N)CO. The Kier molecular flexibility index (Phi) is 3.59. The molecule has 1 aromatic rings. The standard InChI is InChI=1S/C10H15N3O/c1-3-9-10(4-8(11)6-14)12-5-7(2)13-9/h4-5,14H,3,6,11H2,1-2H3. The van der Waals surface area contributed by atoms with Gasteiger partial charge in [-0.15, -0.1) is 0 Å². The third-order valence-electron chi connectivity index (χ3n) is 1.84. The average Bonchev–Trinajstić information content (AvgIpc) is 2.20. The average molecular weight is 193 g/mol. The molecule has 14 heavy (non-hydrogen) atoms. The molecule has 0 aliphatic heterocycles. The molecule has 0 unspecified atom stereocenters. The number of aliphatic hydroxyl groups is 1. The van der Waals surface area contributed by atoms with E-state index >= 15 is 0 Å². The van der Waals surface area contributed by atoms with Crippen molar-refractivity contribution in [1.29, 1.82) is 0 Å². The molecule has 0 spiro atoms. The molecule has 0 radical (unpaired) electrons. The van der Waals surface area contributed by atoms with Crippen LogP contribution in [0.2, 0.25) is 0 Å². The number of nitrogens with zero attached hydrogens (tertiary/aromatic N) is 2. The number of rotatable bonds is 3. The van der Waals surface area contributed by atoms with Crippen LogP contribution in [0.5, 0.6) is 0 Å². The number of hydrogen-bond acceptors (Lipinski definition) is 4. The highest BCUT2D eigenvalue weighted by Gasteiger charge is 2.02. The minimum atomic E-state index is -0.154. The summed E-state index contributed by atoms with van der Waals surface area (Å²) in [4.78, 5) is 8.54. The third-order valence-corrected chi connectivity index (χ3v) is 1.84. The molecule has 76 valence electrons. The van der Waals surface area contributed by atoms with E-state index in [1.165, 1.54) is 0 Å². The van der Waals surface area contributed by atoms with Gasteiger partial charge in [0.25, 0.3) is 0 Å². The molecular formula is C10H15N3O. The lowest BCUT2D eigenvalue weighted by molar-refractivity contribution is 0.331. The first-order valence-corrected chi connectivity index (χ1v) is 4.56. The Hall–Kier alpha value is -1.42. The Morgan fingerprint density at radius 3 is 2.93 bits per heavy atom. The predicted octanol–water partition coefficient (Wildman–Crippen LogP) is 0.639. The van der Waals surface area contributed by atoms with Crippen LogP contribution in [0.4, 0.5) is 0 Å². The first kappa shape index (κ1) is 10.7. The molecule has 1 rings (SSSR count). The second-order valence-electron chi connectivity index (χ2n) is 3.07. The molecule has 0 fully saturated rings. The molecule has 0 bridgehead atoms. The lowest BCUT2D eigenvalue weighted by Crippen LogP contribution is -2.04. The van der Waals surface area contributed by atoms with E-state index in [0.717, 1.165) is 23.5 Å². The van der Waals surface area contributed by atoms with E-state index in [0.29, 0.717) is 5.70 Å². The van der Waals surface area contributed by atoms with Crippen LogP contribution < -0.4 is 5.73 Å². The second kappa shape index (κ2) is 4.72. The van der Waals surface area contributed by atoms with Crippen LogP contribution in [-0.2, 0) is 6.42 Å². The number of aryl methyl sites for hydroxylation is 2. The monoisotopic (exact) mass is 193 g/mol. The Bertz CT molecular complexity index is 347. The number of aromatic nitrogens is 2. The summed E-state index contributed by atoms with van der Waals surface area (Å²) < 4.78 is 0. The van der Waals surface area contributed by atoms with Gasteiger partial charge in [0.1, 0.15) is 0 Å². The molecule has 1 aromatic heterocycles. The Morgan fingerprint density at radius 1 is 1.64 bits per heavy atom. The summed E-state index contributed by atoms with van der Waals surface area (Å²) in [5, 5.41) is 8.77. The van der Waals surface area contributed by atoms with Crippen LogP contribution in [-0.4, -0.2) is 21.7 Å². The van der Waals surface area contributed by atoms with Gasteiger partial charge in [-0.05, 0) is 19.4 Å². The van der Waals surface area contributed by atoms with E-state index in [-0.39, 0.29) is 6.61 Å². The summed E-state index contributed by atoms with van der Waals surface area (Å²) in [5.41, 5.74) is 8.45. The van der Waals surface area contributed by atoms with Crippen LogP contribution in [0, 0.1) is 6.92 Å². The van der Waals surface area contributed by atoms with Gasteiger partial charge in [0.05, 0.1) is 23.7 Å². The maximum Gasteiger partial charge on any atom is 0.0863 e. The molecule has 4 heteroatoms. The lowest BCUT2D eigenvalue weighted by Gasteiger charge is -2.03. The molecule has 1 heterocycles. The number of nitrogens with two attached hydrogens (primary N) is 1. The molecule has 4 nitrogen and oxygen atoms in total. The molecule has 0 aromatic carbocycles. The van der Waals surface area contributed by atoms with Crippen molar-refractivity contribution in [3.63, 3.8) is 0 Å². The van der Waals surface area contributed by atoms with Gasteiger partial charge in [-0.1, -0.05) is 6.92 Å². The summed E-state index contributed by atoms with van der Waals surface area (Å²) in [5.74, 6) is 0. The zero-order valence-corrected chi connectivity index (χ0v) is 8.49. The topological polar surface area (TPSA) is 72.0 Å². The summed E-state index contributed by atoms with van der Waals surface area (Å²) in [6.45, 7) is 3.75. The summed E-state index contributed by atoms with van der Waals surface area (Å²) in [7, 11) is 0. The van der Waals surface area contributed by atoms with Crippen LogP contribution >= 0.6 is 0 Å². The summed E-state index contributed by atoms with van der Waals surface area (Å²) in [6.07, 6.45) is 4.15. The van der Waals surface area contributed by atoms with E-state index in [4.69, 9.17) is 10.8 Å². The van der Waals surface area contributed by atoms with Crippen LogP contribution in [0.15, 0.2) is 11.9 Å². The van der Waals surface area contributed by atoms with Crippen LogP contribution in [0.3, 0.4) is 0 Å². The zero-order chi connectivity index (χ0) is 10.6. The Morgan fingerprint density at radius 2 is 2.36 bits per heavy atom. The lowest BCUT2D eigenvalue weighted by atomic mass is 10.2. The van der Waals surface area contributed by atoms with Crippen molar-refractivity contribution in [2.24, 2.45) is 5.73 Å². The fraction of sp³-hybridized carbons (Fsp3) is 0.400. The number of aliphatic hydroxyl groups excluding tert-OH is 1. The van der Waals surface area contributed by atoms with Crippen molar-refractivity contribution in [3.8, 4) is 0 Å². The maximum absolute atomic E-state index is 8.77. The molecule has 0 saturated carbocycles. The van der Waals surface area contributed by atoms with Crippen molar-refractivity contribution in [2.75, 3.05) is 6.61 Å². The summed E-state index contributed by atoms with van der Waals surface area (Å²) >= 11 is 0. The number of hydrogen-bond donors (Lipinski definition) is 2. The highest BCUT2D eigenvalue weighted by Crippen LogP contribution is 2.07. The van der Waals surface area contributed by atoms with E-state index in [1.54, 1.807) is 12.3 Å². The zero-order valence-electron chi connectivity index (χ0n) is 8.49. The highest BCUT2D eigenvalue weighted by molar-refractivity contribution is 5.50. The smallest absolute Gasteiger partial charge is 0.0863 e. The van der Waals surface area contributed by atoms with E-state index < -0.39 is 0 Å². The van der Waals surface area contributed by atoms with E-state index in [1.807, 2.05) is 13.8 Å². The van der Waals surface area contributed by atoms with Gasteiger partial charge < -0.3 is 10.8 Å². The van der Waals surface area contributed by atoms with Crippen LogP contribution in [0.25, 0.3) is 6.08 Å². The van der Waals surface area contributed by atoms with Gasteiger partial charge in [-0.2, -0.15) is 0 Å². The van der Waals surface area contributed by atoms with Gasteiger partial charge in [0, 0.05) is 11.9 Å². The minimum absolute atomic E-state index is 0.154. The molecule has 0 atom stereocenters. The van der Waals surface area contributed by atoms with Crippen molar-refractivity contribution in [3.05, 3.63) is 29.0 Å². The highest BCUT2D eigenvalue weighted by atomic mass is 16.3. The van der Waals surface area contributed by atoms with Crippen molar-refractivity contribution in [1.82, 2.24) is 9.97 Å². The third kappa shape index (κ3) is 2.53. The van der Waals surface area contributed by atoms with Gasteiger partial charge in [-0.25, -0.2) is 0 Å². The van der Waals surface area contributed by atoms with Crippen molar-refractivity contribution in [2.45, 2.75) is 20.3 Å². The van der Waals surface area contributed by atoms with Crippen molar-refractivity contribution < 1.29 is 5.11 Å². The fourth-order valence-electron chi connectivity index (χ4n) is 1.14. The first-order valence-electron chi connectivity index (χ1n) is 4.56. The summed E-state index contributed by atoms with van der Waals surface area (Å²) in [6, 6.07) is 0. The molecule has 3 N–H and O–H groups in total. The van der Waals surface area contributed by atoms with Crippen LogP contribution in [0.1, 0.15) is 24.0 Å². The Labute approximate surface area is 83.5 Å². The normalized spacial score (nSPS) is 11.8. The molecule has 0 aliphatic rings. The molecule has 0 amide bonds. The van der Waals surface area contributed by atoms with Gasteiger partial charge >= 0.3 is 0 Å². The van der Waals surface area contributed by atoms with Gasteiger partial charge in [0.2, 0.25) is 0 Å². The van der Waals surface area contributed by atoms with Gasteiger partial charge in [-0.3, -0.25) is 9.97 Å². The first-order chi connectivity index (χ1) is 6.67. The minimum Gasteiger partial charge on any atom is -0.400 e. The van der Waals surface area contributed by atoms with Crippen molar-refractivity contribution >= 4 is 6.08 Å². The fourth-order valence-corrected chi connectivity index (χ4v) is 1.14. The predicted molar refractivity (Wildman–Crippen MR) is 55.4 cm³/mol. The maximum atomic E-state index is 8.77. The van der Waals surface area contributed by atoms with E-state index in [2.05, 4.69) is 9.97 Å². The molecule has 0 saturated heterocycles. The molecular weight excluding hydrogens is 178 g/mol. The van der Waals surface area contributed by atoms with E-state index in [9.17, 15) is 0 Å². The largest absolute Gasteiger partial charge is 0.400 e. The Balaban J connectivity index is 3.08. The quantitative estimate of drug-likeness (QED) is 0.739.